The Balaban J connectivity index is 0.000000527. The predicted molar refractivity (Wildman–Crippen MR) is 95.0 cm³/mol. The van der Waals surface area contributed by atoms with Gasteiger partial charge in [-0.3, -0.25) is 9.89 Å². The lowest BCUT2D eigenvalue weighted by molar-refractivity contribution is -0.122. The van der Waals surface area contributed by atoms with Crippen molar-refractivity contribution in [2.75, 3.05) is 18.0 Å². The van der Waals surface area contributed by atoms with Gasteiger partial charge in [-0.05, 0) is 31.2 Å². The van der Waals surface area contributed by atoms with E-state index in [0.717, 1.165) is 43.0 Å². The molecule has 1 aliphatic heterocycles. The van der Waals surface area contributed by atoms with Crippen molar-refractivity contribution in [3.8, 4) is 0 Å². The van der Waals surface area contributed by atoms with Crippen LogP contribution in [0.15, 0.2) is 18.7 Å². The van der Waals surface area contributed by atoms with E-state index in [4.69, 9.17) is 9.90 Å². The van der Waals surface area contributed by atoms with Gasteiger partial charge in [0.15, 0.2) is 5.65 Å². The Morgan fingerprint density at radius 2 is 2.15 bits per heavy atom. The lowest BCUT2D eigenvalue weighted by atomic mass is 9.78. The normalized spacial score (nSPS) is 21.5. The minimum absolute atomic E-state index is 0.187. The molecular weight excluding hydrogens is 334 g/mol. The third kappa shape index (κ3) is 2.59. The lowest BCUT2D eigenvalue weighted by Crippen LogP contribution is -2.46. The first kappa shape index (κ1) is 16.5. The van der Waals surface area contributed by atoms with E-state index in [1.165, 1.54) is 24.1 Å². The van der Waals surface area contributed by atoms with Crippen LogP contribution in [-0.2, 0) is 23.7 Å². The van der Waals surface area contributed by atoms with Gasteiger partial charge in [0.05, 0.1) is 18.7 Å². The maximum Gasteiger partial charge on any atom is 0.290 e. The zero-order valence-corrected chi connectivity index (χ0v) is 14.6. The molecular formula is C17H21N7O2. The van der Waals surface area contributed by atoms with E-state index in [-0.39, 0.29) is 11.9 Å². The predicted octanol–water partition coefficient (Wildman–Crippen LogP) is 1.27. The minimum atomic E-state index is -0.250. The highest BCUT2D eigenvalue weighted by Crippen LogP contribution is 2.44. The summed E-state index contributed by atoms with van der Waals surface area (Å²) in [6.07, 6.45) is 10.3. The number of piperidine rings is 1. The molecule has 4 heterocycles. The Labute approximate surface area is 150 Å². The summed E-state index contributed by atoms with van der Waals surface area (Å²) in [5.74, 6) is 0.795. The van der Waals surface area contributed by atoms with Crippen LogP contribution in [-0.4, -0.2) is 54.4 Å². The Morgan fingerprint density at radius 1 is 1.31 bits per heavy atom. The van der Waals surface area contributed by atoms with E-state index in [2.05, 4.69) is 30.0 Å². The van der Waals surface area contributed by atoms with Crippen molar-refractivity contribution in [2.24, 2.45) is 7.05 Å². The van der Waals surface area contributed by atoms with E-state index in [9.17, 15) is 0 Å². The van der Waals surface area contributed by atoms with Crippen molar-refractivity contribution in [3.63, 3.8) is 0 Å². The van der Waals surface area contributed by atoms with Gasteiger partial charge in [-0.1, -0.05) is 0 Å². The maximum absolute atomic E-state index is 8.36. The van der Waals surface area contributed by atoms with Gasteiger partial charge in [0.1, 0.15) is 5.52 Å². The van der Waals surface area contributed by atoms with E-state index in [1.54, 1.807) is 6.33 Å². The Hall–Kier alpha value is -2.97. The number of imidazole rings is 1. The zero-order chi connectivity index (χ0) is 18.1. The molecule has 0 bridgehead atoms. The van der Waals surface area contributed by atoms with Crippen molar-refractivity contribution in [2.45, 2.75) is 31.1 Å². The summed E-state index contributed by atoms with van der Waals surface area (Å²) < 4.78 is 1.95. The fourth-order valence-corrected chi connectivity index (χ4v) is 4.23. The van der Waals surface area contributed by atoms with Crippen LogP contribution in [0.5, 0.6) is 0 Å². The second-order valence-electron chi connectivity index (χ2n) is 6.92. The number of aromatic nitrogens is 6. The monoisotopic (exact) mass is 355 g/mol. The SMILES string of the molecule is Cn1cnc2nc(N3CCCC4(CCc5cn[nH]c54)C3)ncc21.O=CO. The summed E-state index contributed by atoms with van der Waals surface area (Å²) in [4.78, 5) is 24.3. The van der Waals surface area contributed by atoms with Crippen molar-refractivity contribution >= 4 is 23.6 Å². The Bertz CT molecular complexity index is 934. The van der Waals surface area contributed by atoms with Gasteiger partial charge in [0.2, 0.25) is 5.95 Å². The number of anilines is 1. The van der Waals surface area contributed by atoms with Gasteiger partial charge in [-0.2, -0.15) is 10.1 Å². The third-order valence-electron chi connectivity index (χ3n) is 5.45. The number of nitrogens with zero attached hydrogens (tertiary/aromatic N) is 6. The van der Waals surface area contributed by atoms with E-state index in [0.29, 0.717) is 0 Å². The largest absolute Gasteiger partial charge is 0.483 e. The fourth-order valence-electron chi connectivity index (χ4n) is 4.23. The van der Waals surface area contributed by atoms with Gasteiger partial charge < -0.3 is 14.6 Å². The molecule has 0 aromatic carbocycles. The summed E-state index contributed by atoms with van der Waals surface area (Å²) in [5.41, 5.74) is 4.64. The van der Waals surface area contributed by atoms with E-state index < -0.39 is 0 Å². The standard InChI is InChI=1S/C16H19N7.CH2O2/c1-22-10-18-14-12(22)8-17-15(20-14)23-6-2-4-16(9-23)5-3-11-7-19-21-13(11)16;2-1-3/h7-8,10H,2-6,9H2,1H3,(H,19,21);1H,(H,2,3). The van der Waals surface area contributed by atoms with Crippen LogP contribution in [0.2, 0.25) is 0 Å². The number of aryl methyl sites for hydroxylation is 2. The average Bonchev–Trinajstić information content (AvgIpc) is 3.34. The molecule has 0 saturated carbocycles. The molecule has 26 heavy (non-hydrogen) atoms. The second kappa shape index (κ2) is 6.40. The van der Waals surface area contributed by atoms with Crippen LogP contribution in [0.25, 0.3) is 11.2 Å². The minimum Gasteiger partial charge on any atom is -0.483 e. The highest BCUT2D eigenvalue weighted by molar-refractivity contribution is 5.71. The summed E-state index contributed by atoms with van der Waals surface area (Å²) in [5, 5.41) is 14.4. The molecule has 0 amide bonds. The number of fused-ring (bicyclic) bond motifs is 3. The quantitative estimate of drug-likeness (QED) is 0.632. The van der Waals surface area contributed by atoms with Crippen molar-refractivity contribution in [3.05, 3.63) is 30.0 Å². The van der Waals surface area contributed by atoms with Crippen molar-refractivity contribution in [1.29, 1.82) is 0 Å². The molecule has 3 aromatic heterocycles. The molecule has 9 nitrogen and oxygen atoms in total. The number of carbonyl (C=O) groups is 1. The molecule has 9 heteroatoms. The van der Waals surface area contributed by atoms with Gasteiger partial charge in [0, 0.05) is 31.2 Å². The number of hydrogen-bond donors (Lipinski definition) is 2. The maximum atomic E-state index is 8.36. The molecule has 1 atom stereocenters. The van der Waals surface area contributed by atoms with Crippen LogP contribution in [0.3, 0.4) is 0 Å². The van der Waals surface area contributed by atoms with Crippen molar-refractivity contribution in [1.82, 2.24) is 29.7 Å². The molecule has 2 aliphatic rings. The highest BCUT2D eigenvalue weighted by atomic mass is 16.3. The highest BCUT2D eigenvalue weighted by Gasteiger charge is 2.44. The van der Waals surface area contributed by atoms with Crippen molar-refractivity contribution < 1.29 is 9.90 Å². The molecule has 3 aromatic rings. The summed E-state index contributed by atoms with van der Waals surface area (Å²) in [6, 6.07) is 0. The molecule has 1 unspecified atom stereocenters. The molecule has 136 valence electrons. The molecule has 5 rings (SSSR count). The van der Waals surface area contributed by atoms with E-state index in [1.807, 2.05) is 24.0 Å². The molecule has 1 fully saturated rings. The van der Waals surface area contributed by atoms with Gasteiger partial charge >= 0.3 is 0 Å². The second-order valence-corrected chi connectivity index (χ2v) is 6.92. The van der Waals surface area contributed by atoms with Gasteiger partial charge in [-0.25, -0.2) is 9.97 Å². The van der Waals surface area contributed by atoms with Gasteiger partial charge in [0.25, 0.3) is 6.47 Å². The topological polar surface area (TPSA) is 113 Å². The molecule has 1 aliphatic carbocycles. The number of hydrogen-bond acceptors (Lipinski definition) is 6. The Morgan fingerprint density at radius 3 is 3.00 bits per heavy atom. The smallest absolute Gasteiger partial charge is 0.290 e. The lowest BCUT2D eigenvalue weighted by Gasteiger charge is -2.40. The van der Waals surface area contributed by atoms with Crippen LogP contribution in [0.4, 0.5) is 5.95 Å². The third-order valence-corrected chi connectivity index (χ3v) is 5.45. The number of carboxylic acid groups (broad SMARTS) is 1. The zero-order valence-electron chi connectivity index (χ0n) is 14.6. The van der Waals surface area contributed by atoms with Crippen LogP contribution in [0, 0.1) is 0 Å². The molecule has 0 radical (unpaired) electrons. The molecule has 1 spiro atoms. The Kier molecular flexibility index (Phi) is 4.06. The fraction of sp³-hybridized carbons (Fsp3) is 0.471. The van der Waals surface area contributed by atoms with Crippen LogP contribution >= 0.6 is 0 Å². The molecule has 1 saturated heterocycles. The summed E-state index contributed by atoms with van der Waals surface area (Å²) in [7, 11) is 1.96. The first-order valence-corrected chi connectivity index (χ1v) is 8.66. The van der Waals surface area contributed by atoms with Crippen LogP contribution < -0.4 is 4.90 Å². The van der Waals surface area contributed by atoms with E-state index >= 15 is 0 Å². The first-order chi connectivity index (χ1) is 12.7. The molecule has 2 N–H and O–H groups in total. The van der Waals surface area contributed by atoms with Crippen LogP contribution in [0.1, 0.15) is 30.5 Å². The first-order valence-electron chi connectivity index (χ1n) is 8.66. The summed E-state index contributed by atoms with van der Waals surface area (Å²) in [6.45, 7) is 1.71. The summed E-state index contributed by atoms with van der Waals surface area (Å²) >= 11 is 0. The number of nitrogens with one attached hydrogen (secondary N) is 1. The number of aromatic amines is 1. The number of H-pyrrole nitrogens is 1. The van der Waals surface area contributed by atoms with Gasteiger partial charge in [-0.15, -0.1) is 0 Å². The average molecular weight is 355 g/mol. The number of rotatable bonds is 1.